The normalized spacial score (nSPS) is 10.5. The van der Waals surface area contributed by atoms with Crippen LogP contribution < -0.4 is 19.6 Å². The summed E-state index contributed by atoms with van der Waals surface area (Å²) >= 11 is 0. The molecule has 0 radical (unpaired) electrons. The number of amides is 1. The van der Waals surface area contributed by atoms with Crippen molar-refractivity contribution in [2.75, 3.05) is 13.7 Å². The fraction of sp³-hybridized carbons (Fsp3) is 0.0870. The van der Waals surface area contributed by atoms with Crippen LogP contribution in [0.3, 0.4) is 0 Å². The standard InChI is InChI=1S/C23H19N3O7/c1-31-18-12-8-17(9-13-18)23(28)33-19-10-6-16(7-11-19)14-24-25-22(27)15-32-21-5-3-2-4-20(21)26(29)30/h2-14H,15H2,1H3,(H,25,27). The van der Waals surface area contributed by atoms with Gasteiger partial charge in [0.05, 0.1) is 23.8 Å². The fourth-order valence-electron chi connectivity index (χ4n) is 2.60. The van der Waals surface area contributed by atoms with Gasteiger partial charge in [-0.2, -0.15) is 5.10 Å². The van der Waals surface area contributed by atoms with Crippen LogP contribution in [0.4, 0.5) is 5.69 Å². The lowest BCUT2D eigenvalue weighted by molar-refractivity contribution is -0.385. The number of methoxy groups -OCH3 is 1. The summed E-state index contributed by atoms with van der Waals surface area (Å²) in [6, 6.07) is 18.7. The number of nitrogens with one attached hydrogen (secondary N) is 1. The highest BCUT2D eigenvalue weighted by molar-refractivity contribution is 5.91. The van der Waals surface area contributed by atoms with E-state index in [0.29, 0.717) is 22.6 Å². The highest BCUT2D eigenvalue weighted by Gasteiger charge is 2.14. The molecule has 0 bridgehead atoms. The van der Waals surface area contributed by atoms with Crippen LogP contribution in [0.25, 0.3) is 0 Å². The molecular weight excluding hydrogens is 430 g/mol. The molecule has 3 aromatic rings. The number of carbonyl (C=O) groups excluding carboxylic acids is 2. The van der Waals surface area contributed by atoms with Crippen molar-refractivity contribution in [3.63, 3.8) is 0 Å². The van der Waals surface area contributed by atoms with Crippen LogP contribution in [-0.2, 0) is 4.79 Å². The molecule has 0 aliphatic heterocycles. The van der Waals surface area contributed by atoms with E-state index in [1.165, 1.54) is 31.5 Å². The number of benzene rings is 3. The molecule has 1 amide bonds. The summed E-state index contributed by atoms with van der Waals surface area (Å²) in [5.41, 5.74) is 3.05. The third kappa shape index (κ3) is 6.62. The first-order chi connectivity index (χ1) is 16.0. The van der Waals surface area contributed by atoms with Gasteiger partial charge in [-0.25, -0.2) is 10.2 Å². The number of hydrogen-bond acceptors (Lipinski definition) is 8. The van der Waals surface area contributed by atoms with Crippen LogP contribution in [0.15, 0.2) is 77.9 Å². The van der Waals surface area contributed by atoms with E-state index in [-0.39, 0.29) is 11.4 Å². The van der Waals surface area contributed by atoms with Gasteiger partial charge in [0.15, 0.2) is 12.4 Å². The average Bonchev–Trinajstić information content (AvgIpc) is 2.84. The Bertz CT molecular complexity index is 1160. The van der Waals surface area contributed by atoms with Gasteiger partial charge >= 0.3 is 11.7 Å². The Morgan fingerprint density at radius 3 is 2.33 bits per heavy atom. The number of para-hydroxylation sites is 2. The molecule has 33 heavy (non-hydrogen) atoms. The maximum atomic E-state index is 12.2. The Morgan fingerprint density at radius 1 is 1.00 bits per heavy atom. The topological polar surface area (TPSA) is 129 Å². The van der Waals surface area contributed by atoms with Crippen molar-refractivity contribution in [1.29, 1.82) is 0 Å². The van der Waals surface area contributed by atoms with Gasteiger partial charge in [0.25, 0.3) is 5.91 Å². The van der Waals surface area contributed by atoms with Gasteiger partial charge in [-0.05, 0) is 60.2 Å². The zero-order valence-electron chi connectivity index (χ0n) is 17.5. The molecule has 1 N–H and O–H groups in total. The molecule has 0 aliphatic rings. The molecule has 0 saturated carbocycles. The molecule has 3 aromatic carbocycles. The van der Waals surface area contributed by atoms with E-state index in [1.807, 2.05) is 0 Å². The Hall–Kier alpha value is -4.73. The summed E-state index contributed by atoms with van der Waals surface area (Å²) in [7, 11) is 1.54. The number of carbonyl (C=O) groups is 2. The van der Waals surface area contributed by atoms with Crippen molar-refractivity contribution in [3.8, 4) is 17.2 Å². The van der Waals surface area contributed by atoms with Crippen molar-refractivity contribution >= 4 is 23.8 Å². The highest BCUT2D eigenvalue weighted by Crippen LogP contribution is 2.25. The Balaban J connectivity index is 1.48. The lowest BCUT2D eigenvalue weighted by Crippen LogP contribution is -2.24. The lowest BCUT2D eigenvalue weighted by atomic mass is 10.2. The van der Waals surface area contributed by atoms with Gasteiger partial charge in [0.1, 0.15) is 11.5 Å². The maximum absolute atomic E-state index is 12.2. The molecule has 0 spiro atoms. The Kier molecular flexibility index (Phi) is 7.68. The van der Waals surface area contributed by atoms with E-state index < -0.39 is 23.4 Å². The molecule has 168 valence electrons. The van der Waals surface area contributed by atoms with Gasteiger partial charge in [-0.3, -0.25) is 14.9 Å². The van der Waals surface area contributed by atoms with Gasteiger partial charge in [-0.15, -0.1) is 0 Å². The van der Waals surface area contributed by atoms with Gasteiger partial charge in [0.2, 0.25) is 0 Å². The number of rotatable bonds is 9. The van der Waals surface area contributed by atoms with Crippen LogP contribution in [0.5, 0.6) is 17.2 Å². The second-order valence-corrected chi connectivity index (χ2v) is 6.49. The molecule has 3 rings (SSSR count). The average molecular weight is 449 g/mol. The number of nitro groups is 1. The molecule has 0 aliphatic carbocycles. The van der Waals surface area contributed by atoms with Gasteiger partial charge in [0, 0.05) is 6.07 Å². The number of nitrogens with zero attached hydrogens (tertiary/aromatic N) is 2. The molecule has 0 unspecified atom stereocenters. The van der Waals surface area contributed by atoms with E-state index in [0.717, 1.165) is 0 Å². The fourth-order valence-corrected chi connectivity index (χ4v) is 2.60. The van der Waals surface area contributed by atoms with E-state index in [4.69, 9.17) is 14.2 Å². The number of ether oxygens (including phenoxy) is 3. The van der Waals surface area contributed by atoms with Crippen LogP contribution in [0.2, 0.25) is 0 Å². The van der Waals surface area contributed by atoms with E-state index >= 15 is 0 Å². The summed E-state index contributed by atoms with van der Waals surface area (Å²) < 4.78 is 15.5. The predicted molar refractivity (Wildman–Crippen MR) is 119 cm³/mol. The van der Waals surface area contributed by atoms with Gasteiger partial charge in [-0.1, -0.05) is 12.1 Å². The smallest absolute Gasteiger partial charge is 0.343 e. The minimum atomic E-state index is -0.594. The van der Waals surface area contributed by atoms with E-state index in [1.54, 1.807) is 54.6 Å². The Morgan fingerprint density at radius 2 is 1.67 bits per heavy atom. The number of esters is 1. The first-order valence-electron chi connectivity index (χ1n) is 9.60. The lowest BCUT2D eigenvalue weighted by Gasteiger charge is -2.06. The molecule has 0 atom stereocenters. The zero-order chi connectivity index (χ0) is 23.6. The number of hydrazone groups is 1. The van der Waals surface area contributed by atoms with Crippen LogP contribution >= 0.6 is 0 Å². The van der Waals surface area contributed by atoms with Crippen molar-refractivity contribution < 1.29 is 28.7 Å². The first kappa shape index (κ1) is 22.9. The predicted octanol–water partition coefficient (Wildman–Crippen LogP) is 3.35. The Labute approximate surface area is 188 Å². The SMILES string of the molecule is COc1ccc(C(=O)Oc2ccc(C=NNC(=O)COc3ccccc3[N+](=O)[O-])cc2)cc1. The summed E-state index contributed by atoms with van der Waals surface area (Å²) in [4.78, 5) is 34.4. The zero-order valence-corrected chi connectivity index (χ0v) is 17.5. The van der Waals surface area contributed by atoms with Crippen molar-refractivity contribution in [2.24, 2.45) is 5.10 Å². The number of hydrogen-bond donors (Lipinski definition) is 1. The minimum absolute atomic E-state index is 0.0126. The third-order valence-corrected chi connectivity index (χ3v) is 4.24. The largest absolute Gasteiger partial charge is 0.497 e. The first-order valence-corrected chi connectivity index (χ1v) is 9.60. The molecule has 10 nitrogen and oxygen atoms in total. The molecule has 0 fully saturated rings. The summed E-state index contributed by atoms with van der Waals surface area (Å²) in [6.07, 6.45) is 1.39. The summed E-state index contributed by atoms with van der Waals surface area (Å²) in [5.74, 6) is -0.133. The third-order valence-electron chi connectivity index (χ3n) is 4.24. The molecule has 0 aromatic heterocycles. The monoisotopic (exact) mass is 449 g/mol. The molecule has 0 saturated heterocycles. The minimum Gasteiger partial charge on any atom is -0.497 e. The number of nitro benzene ring substituents is 1. The second kappa shape index (κ2) is 11.0. The van der Waals surface area contributed by atoms with Crippen LogP contribution in [-0.4, -0.2) is 36.7 Å². The summed E-state index contributed by atoms with van der Waals surface area (Å²) in [6.45, 7) is -0.442. The van der Waals surface area contributed by atoms with Crippen LogP contribution in [0, 0.1) is 10.1 Å². The molecule has 0 heterocycles. The quantitative estimate of drug-likeness (QED) is 0.174. The second-order valence-electron chi connectivity index (χ2n) is 6.49. The van der Waals surface area contributed by atoms with Crippen molar-refractivity contribution in [2.45, 2.75) is 0 Å². The molecule has 10 heteroatoms. The van der Waals surface area contributed by atoms with Crippen molar-refractivity contribution in [3.05, 3.63) is 94.0 Å². The molecular formula is C23H19N3O7. The summed E-state index contributed by atoms with van der Waals surface area (Å²) in [5, 5.41) is 14.8. The van der Waals surface area contributed by atoms with Crippen molar-refractivity contribution in [1.82, 2.24) is 5.43 Å². The maximum Gasteiger partial charge on any atom is 0.343 e. The highest BCUT2D eigenvalue weighted by atomic mass is 16.6. The van der Waals surface area contributed by atoms with E-state index in [2.05, 4.69) is 10.5 Å². The van der Waals surface area contributed by atoms with E-state index in [9.17, 15) is 19.7 Å². The van der Waals surface area contributed by atoms with Gasteiger partial charge < -0.3 is 14.2 Å². The van der Waals surface area contributed by atoms with Crippen LogP contribution in [0.1, 0.15) is 15.9 Å².